The SMILES string of the molecule is Cc1nc(-c2cc3cc(OCC4CC4)cc(Br)c3s2)sc1C(=O)O. The molecule has 0 spiro atoms. The zero-order valence-corrected chi connectivity index (χ0v) is 16.1. The number of ether oxygens (including phenoxy) is 1. The summed E-state index contributed by atoms with van der Waals surface area (Å²) < 4.78 is 7.99. The Morgan fingerprint density at radius 3 is 2.83 bits per heavy atom. The zero-order chi connectivity index (χ0) is 16.8. The van der Waals surface area contributed by atoms with Gasteiger partial charge in [-0.3, -0.25) is 0 Å². The molecule has 0 saturated heterocycles. The fourth-order valence-corrected chi connectivity index (χ4v) is 5.17. The van der Waals surface area contributed by atoms with E-state index < -0.39 is 5.97 Å². The van der Waals surface area contributed by atoms with Crippen LogP contribution in [0.3, 0.4) is 0 Å². The van der Waals surface area contributed by atoms with Crippen molar-refractivity contribution in [3.8, 4) is 15.6 Å². The van der Waals surface area contributed by atoms with Gasteiger partial charge in [0.2, 0.25) is 0 Å². The number of aromatic nitrogens is 1. The average Bonchev–Trinajstić information content (AvgIpc) is 3.12. The molecule has 1 aliphatic carbocycles. The van der Waals surface area contributed by atoms with Crippen molar-refractivity contribution in [2.45, 2.75) is 19.8 Å². The van der Waals surface area contributed by atoms with E-state index in [1.807, 2.05) is 12.1 Å². The maximum absolute atomic E-state index is 11.2. The Kier molecular flexibility index (Phi) is 4.10. The van der Waals surface area contributed by atoms with Crippen molar-refractivity contribution >= 4 is 54.7 Å². The van der Waals surface area contributed by atoms with Gasteiger partial charge in [-0.15, -0.1) is 22.7 Å². The van der Waals surface area contributed by atoms with E-state index in [0.29, 0.717) is 16.5 Å². The topological polar surface area (TPSA) is 59.4 Å². The molecular weight excluding hydrogens is 410 g/mol. The first-order chi connectivity index (χ1) is 11.5. The molecule has 1 saturated carbocycles. The fraction of sp³-hybridized carbons (Fsp3) is 0.294. The Morgan fingerprint density at radius 2 is 2.17 bits per heavy atom. The number of thiophene rings is 1. The third kappa shape index (κ3) is 3.08. The van der Waals surface area contributed by atoms with Crippen LogP contribution in [0.5, 0.6) is 5.75 Å². The lowest BCUT2D eigenvalue weighted by atomic mass is 10.2. The van der Waals surface area contributed by atoms with Gasteiger partial charge in [-0.05, 0) is 65.2 Å². The highest BCUT2D eigenvalue weighted by Gasteiger charge is 2.22. The molecule has 1 aliphatic rings. The van der Waals surface area contributed by atoms with E-state index in [1.54, 1.807) is 18.3 Å². The first-order valence-electron chi connectivity index (χ1n) is 7.58. The Hall–Kier alpha value is -1.44. The van der Waals surface area contributed by atoms with E-state index in [-0.39, 0.29) is 0 Å². The first kappa shape index (κ1) is 16.1. The second-order valence-electron chi connectivity index (χ2n) is 5.93. The summed E-state index contributed by atoms with van der Waals surface area (Å²) in [6, 6.07) is 6.10. The van der Waals surface area contributed by atoms with Gasteiger partial charge in [-0.2, -0.15) is 0 Å². The number of hydrogen-bond acceptors (Lipinski definition) is 5. The van der Waals surface area contributed by atoms with Crippen molar-refractivity contribution in [1.82, 2.24) is 4.98 Å². The Balaban J connectivity index is 1.70. The lowest BCUT2D eigenvalue weighted by Gasteiger charge is -2.06. The summed E-state index contributed by atoms with van der Waals surface area (Å²) in [5.74, 6) is 0.659. The van der Waals surface area contributed by atoms with Crippen LogP contribution >= 0.6 is 38.6 Å². The molecule has 24 heavy (non-hydrogen) atoms. The molecule has 4 nitrogen and oxygen atoms in total. The van der Waals surface area contributed by atoms with Crippen LogP contribution in [0.2, 0.25) is 0 Å². The van der Waals surface area contributed by atoms with E-state index in [9.17, 15) is 9.90 Å². The van der Waals surface area contributed by atoms with Gasteiger partial charge >= 0.3 is 5.97 Å². The van der Waals surface area contributed by atoms with Crippen LogP contribution in [0.15, 0.2) is 22.7 Å². The highest BCUT2D eigenvalue weighted by Crippen LogP contribution is 2.41. The summed E-state index contributed by atoms with van der Waals surface area (Å²) in [6.45, 7) is 2.51. The molecule has 2 aromatic heterocycles. The molecule has 0 atom stereocenters. The standard InChI is InChI=1S/C17H14BrNO3S2/c1-8-14(17(20)21)24-16(19-8)13-5-10-4-11(22-7-9-2-3-9)6-12(18)15(10)23-13/h4-6,9H,2-3,7H2,1H3,(H,20,21). The van der Waals surface area contributed by atoms with Gasteiger partial charge in [0.1, 0.15) is 15.6 Å². The van der Waals surface area contributed by atoms with Crippen LogP contribution in [-0.2, 0) is 0 Å². The molecule has 1 aromatic carbocycles. The van der Waals surface area contributed by atoms with Crippen molar-refractivity contribution in [3.63, 3.8) is 0 Å². The van der Waals surface area contributed by atoms with Gasteiger partial charge < -0.3 is 9.84 Å². The molecule has 2 heterocycles. The Labute approximate surface area is 155 Å². The number of thiazole rings is 1. The number of aromatic carboxylic acids is 1. The second kappa shape index (κ2) is 6.13. The van der Waals surface area contributed by atoms with Gasteiger partial charge in [-0.25, -0.2) is 9.78 Å². The summed E-state index contributed by atoms with van der Waals surface area (Å²) in [4.78, 5) is 16.9. The number of carboxylic acid groups (broad SMARTS) is 1. The highest BCUT2D eigenvalue weighted by atomic mass is 79.9. The van der Waals surface area contributed by atoms with Crippen molar-refractivity contribution < 1.29 is 14.6 Å². The number of carboxylic acids is 1. The number of carbonyl (C=O) groups is 1. The number of halogens is 1. The molecule has 0 radical (unpaired) electrons. The number of aryl methyl sites for hydroxylation is 1. The number of benzene rings is 1. The minimum absolute atomic E-state index is 0.301. The van der Waals surface area contributed by atoms with Gasteiger partial charge in [0.15, 0.2) is 0 Å². The number of fused-ring (bicyclic) bond motifs is 1. The zero-order valence-electron chi connectivity index (χ0n) is 12.8. The Morgan fingerprint density at radius 1 is 1.38 bits per heavy atom. The quantitative estimate of drug-likeness (QED) is 0.581. The molecule has 1 N–H and O–H groups in total. The monoisotopic (exact) mass is 423 g/mol. The van der Waals surface area contributed by atoms with Gasteiger partial charge in [0.05, 0.1) is 17.2 Å². The van der Waals surface area contributed by atoms with Crippen LogP contribution in [0.4, 0.5) is 0 Å². The van der Waals surface area contributed by atoms with Gasteiger partial charge in [0, 0.05) is 9.17 Å². The molecule has 7 heteroatoms. The first-order valence-corrected chi connectivity index (χ1v) is 10.0. The summed E-state index contributed by atoms with van der Waals surface area (Å²) in [5, 5.41) is 11.0. The van der Waals surface area contributed by atoms with Crippen LogP contribution in [0.1, 0.15) is 28.2 Å². The molecule has 1 fully saturated rings. The van der Waals surface area contributed by atoms with Gasteiger partial charge in [0.25, 0.3) is 0 Å². The molecular formula is C17H14BrNO3S2. The third-order valence-corrected chi connectivity index (χ3v) is 7.32. The van der Waals surface area contributed by atoms with Crippen molar-refractivity contribution in [1.29, 1.82) is 0 Å². The van der Waals surface area contributed by atoms with E-state index >= 15 is 0 Å². The number of rotatable bonds is 5. The average molecular weight is 424 g/mol. The van der Waals surface area contributed by atoms with E-state index in [1.165, 1.54) is 24.2 Å². The maximum Gasteiger partial charge on any atom is 0.347 e. The minimum atomic E-state index is -0.922. The van der Waals surface area contributed by atoms with Crippen molar-refractivity contribution in [2.75, 3.05) is 6.61 Å². The lowest BCUT2D eigenvalue weighted by Crippen LogP contribution is -1.98. The van der Waals surface area contributed by atoms with E-state index in [4.69, 9.17) is 4.74 Å². The fourth-order valence-electron chi connectivity index (χ4n) is 2.47. The van der Waals surface area contributed by atoms with E-state index in [0.717, 1.165) is 36.8 Å². The lowest BCUT2D eigenvalue weighted by molar-refractivity contribution is 0.0701. The summed E-state index contributed by atoms with van der Waals surface area (Å²) in [7, 11) is 0. The molecule has 0 amide bonds. The molecule has 3 aromatic rings. The second-order valence-corrected chi connectivity index (χ2v) is 8.83. The summed E-state index contributed by atoms with van der Waals surface area (Å²) in [6.07, 6.45) is 2.53. The molecule has 4 rings (SSSR count). The predicted molar refractivity (Wildman–Crippen MR) is 101 cm³/mol. The normalized spacial score (nSPS) is 14.2. The third-order valence-electron chi connectivity index (χ3n) is 3.93. The summed E-state index contributed by atoms with van der Waals surface area (Å²) in [5.41, 5.74) is 0.562. The van der Waals surface area contributed by atoms with Crippen LogP contribution < -0.4 is 4.74 Å². The molecule has 0 unspecified atom stereocenters. The van der Waals surface area contributed by atoms with Crippen LogP contribution in [0, 0.1) is 12.8 Å². The van der Waals surface area contributed by atoms with E-state index in [2.05, 4.69) is 27.0 Å². The molecule has 0 aliphatic heterocycles. The number of nitrogens with zero attached hydrogens (tertiary/aromatic N) is 1. The summed E-state index contributed by atoms with van der Waals surface area (Å²) >= 11 is 6.45. The maximum atomic E-state index is 11.2. The van der Waals surface area contributed by atoms with Gasteiger partial charge in [-0.1, -0.05) is 0 Å². The van der Waals surface area contributed by atoms with Crippen molar-refractivity contribution in [3.05, 3.63) is 33.2 Å². The van der Waals surface area contributed by atoms with Crippen LogP contribution in [-0.4, -0.2) is 22.7 Å². The Bertz CT molecular complexity index is 943. The largest absolute Gasteiger partial charge is 0.493 e. The highest BCUT2D eigenvalue weighted by molar-refractivity contribution is 9.10. The smallest absolute Gasteiger partial charge is 0.347 e. The van der Waals surface area contributed by atoms with Crippen LogP contribution in [0.25, 0.3) is 20.0 Å². The minimum Gasteiger partial charge on any atom is -0.493 e. The van der Waals surface area contributed by atoms with Crippen molar-refractivity contribution in [2.24, 2.45) is 5.92 Å². The predicted octanol–water partition coefficient (Wildman–Crippen LogP) is 5.58. The number of hydrogen-bond donors (Lipinski definition) is 1. The molecule has 0 bridgehead atoms. The molecule has 124 valence electrons.